The van der Waals surface area contributed by atoms with Crippen LogP contribution in [0.4, 0.5) is 26.4 Å². The van der Waals surface area contributed by atoms with E-state index in [1.165, 1.54) is 47.9 Å². The summed E-state index contributed by atoms with van der Waals surface area (Å²) in [5, 5.41) is 2.68. The molecular formula is C27H26FN5O4. The van der Waals surface area contributed by atoms with Gasteiger partial charge in [-0.3, -0.25) is 9.20 Å². The lowest BCUT2D eigenvalue weighted by Crippen LogP contribution is -2.35. The standard InChI is InChI=1S/C27H26FN5O4/c1-6-23(34)31-19-8-7-9-20(13-19)36-24-15-30-25(22-14-29-16-32(22)24)33(26(35)37-27(3,4)5)21-11-10-18(28)12-17(21)2/h6-16H,1H2,2-5H3,(H,31,34). The van der Waals surface area contributed by atoms with Crippen LogP contribution >= 0.6 is 0 Å². The highest BCUT2D eigenvalue weighted by atomic mass is 19.1. The van der Waals surface area contributed by atoms with Crippen LogP contribution in [0.1, 0.15) is 26.3 Å². The van der Waals surface area contributed by atoms with Gasteiger partial charge in [0, 0.05) is 11.8 Å². The number of aromatic nitrogens is 3. The maximum Gasteiger partial charge on any atom is 0.420 e. The second kappa shape index (κ2) is 10.1. The molecule has 37 heavy (non-hydrogen) atoms. The van der Waals surface area contributed by atoms with E-state index in [4.69, 9.17) is 9.47 Å². The van der Waals surface area contributed by atoms with Crippen LogP contribution in [0.15, 0.2) is 73.8 Å². The van der Waals surface area contributed by atoms with Crippen LogP contribution in [-0.2, 0) is 9.53 Å². The van der Waals surface area contributed by atoms with Crippen molar-refractivity contribution in [2.45, 2.75) is 33.3 Å². The van der Waals surface area contributed by atoms with E-state index in [-0.39, 0.29) is 11.7 Å². The van der Waals surface area contributed by atoms with Gasteiger partial charge in [-0.1, -0.05) is 12.6 Å². The van der Waals surface area contributed by atoms with Crippen LogP contribution in [0.2, 0.25) is 0 Å². The van der Waals surface area contributed by atoms with Gasteiger partial charge in [-0.15, -0.1) is 0 Å². The number of carbonyl (C=O) groups excluding carboxylic acids is 2. The molecule has 190 valence electrons. The third kappa shape index (κ3) is 5.75. The lowest BCUT2D eigenvalue weighted by molar-refractivity contribution is -0.111. The van der Waals surface area contributed by atoms with Crippen molar-refractivity contribution in [1.29, 1.82) is 0 Å². The summed E-state index contributed by atoms with van der Waals surface area (Å²) in [4.78, 5) is 35.0. The van der Waals surface area contributed by atoms with E-state index >= 15 is 0 Å². The molecule has 4 rings (SSSR count). The number of nitrogens with one attached hydrogen (secondary N) is 1. The lowest BCUT2D eigenvalue weighted by Gasteiger charge is -2.28. The molecule has 0 unspecified atom stereocenters. The number of halogens is 1. The minimum Gasteiger partial charge on any atom is -0.443 e. The zero-order chi connectivity index (χ0) is 26.7. The summed E-state index contributed by atoms with van der Waals surface area (Å²) >= 11 is 0. The molecule has 0 fully saturated rings. The highest BCUT2D eigenvalue weighted by Crippen LogP contribution is 2.34. The Balaban J connectivity index is 1.77. The first kappa shape index (κ1) is 25.4. The van der Waals surface area contributed by atoms with Crippen LogP contribution < -0.4 is 15.0 Å². The molecule has 4 aromatic rings. The first-order valence-corrected chi connectivity index (χ1v) is 11.4. The van der Waals surface area contributed by atoms with Gasteiger partial charge < -0.3 is 14.8 Å². The zero-order valence-corrected chi connectivity index (χ0v) is 20.9. The summed E-state index contributed by atoms with van der Waals surface area (Å²) < 4.78 is 27.2. The smallest absolute Gasteiger partial charge is 0.420 e. The molecular weight excluding hydrogens is 477 g/mol. The number of anilines is 3. The highest BCUT2D eigenvalue weighted by Gasteiger charge is 2.29. The van der Waals surface area contributed by atoms with Gasteiger partial charge in [0.2, 0.25) is 11.8 Å². The fraction of sp³-hybridized carbons (Fsp3) is 0.185. The lowest BCUT2D eigenvalue weighted by atomic mass is 10.1. The first-order valence-electron chi connectivity index (χ1n) is 11.4. The maximum atomic E-state index is 13.9. The molecule has 0 saturated carbocycles. The Morgan fingerprint density at radius 2 is 1.95 bits per heavy atom. The molecule has 0 aliphatic carbocycles. The molecule has 2 heterocycles. The summed E-state index contributed by atoms with van der Waals surface area (Å²) in [6.07, 6.45) is 4.98. The fourth-order valence-electron chi connectivity index (χ4n) is 3.56. The van der Waals surface area contributed by atoms with Crippen LogP contribution in [0.3, 0.4) is 0 Å². The third-order valence-electron chi connectivity index (χ3n) is 5.10. The highest BCUT2D eigenvalue weighted by molar-refractivity contribution is 6.00. The van der Waals surface area contributed by atoms with Gasteiger partial charge in [-0.25, -0.2) is 24.1 Å². The number of aryl methyl sites for hydroxylation is 1. The van der Waals surface area contributed by atoms with Crippen LogP contribution in [-0.4, -0.2) is 32.0 Å². The molecule has 0 saturated heterocycles. The number of ether oxygens (including phenoxy) is 2. The monoisotopic (exact) mass is 503 g/mol. The number of rotatable bonds is 6. The quantitative estimate of drug-likeness (QED) is 0.316. The molecule has 0 aliphatic heterocycles. The van der Waals surface area contributed by atoms with Gasteiger partial charge >= 0.3 is 6.09 Å². The minimum absolute atomic E-state index is 0.223. The number of carbonyl (C=O) groups is 2. The summed E-state index contributed by atoms with van der Waals surface area (Å²) in [5.74, 6) is 0.190. The molecule has 0 bridgehead atoms. The van der Waals surface area contributed by atoms with Crippen molar-refractivity contribution in [3.63, 3.8) is 0 Å². The molecule has 1 N–H and O–H groups in total. The summed E-state index contributed by atoms with van der Waals surface area (Å²) in [5.41, 5.74) is 1.11. The molecule has 2 aromatic heterocycles. The Hall–Kier alpha value is -4.73. The van der Waals surface area contributed by atoms with Gasteiger partial charge in [0.05, 0.1) is 18.1 Å². The summed E-state index contributed by atoms with van der Waals surface area (Å²) in [6.45, 7) is 10.4. The van der Waals surface area contributed by atoms with E-state index in [1.807, 2.05) is 0 Å². The van der Waals surface area contributed by atoms with E-state index in [0.29, 0.717) is 34.1 Å². The van der Waals surface area contributed by atoms with E-state index in [1.54, 1.807) is 56.4 Å². The van der Waals surface area contributed by atoms with E-state index in [2.05, 4.69) is 21.9 Å². The second-order valence-corrected chi connectivity index (χ2v) is 9.14. The van der Waals surface area contributed by atoms with Crippen LogP contribution in [0.5, 0.6) is 11.6 Å². The molecule has 9 nitrogen and oxygen atoms in total. The molecule has 10 heteroatoms. The number of nitrogens with zero attached hydrogens (tertiary/aromatic N) is 4. The van der Waals surface area contributed by atoms with Gasteiger partial charge in [0.25, 0.3) is 0 Å². The van der Waals surface area contributed by atoms with Gasteiger partial charge in [0.1, 0.15) is 29.0 Å². The Bertz CT molecular complexity index is 1490. The normalized spacial score (nSPS) is 11.2. The Labute approximate surface area is 213 Å². The average Bonchev–Trinajstić information content (AvgIpc) is 3.31. The zero-order valence-electron chi connectivity index (χ0n) is 20.9. The van der Waals surface area contributed by atoms with Crippen molar-refractivity contribution in [2.24, 2.45) is 0 Å². The maximum absolute atomic E-state index is 13.9. The van der Waals surface area contributed by atoms with Crippen molar-refractivity contribution in [2.75, 3.05) is 10.2 Å². The molecule has 0 spiro atoms. The molecule has 0 radical (unpaired) electrons. The van der Waals surface area contributed by atoms with E-state index in [9.17, 15) is 14.0 Å². The Morgan fingerprint density at radius 3 is 2.65 bits per heavy atom. The largest absolute Gasteiger partial charge is 0.443 e. The van der Waals surface area contributed by atoms with Crippen molar-refractivity contribution < 1.29 is 23.5 Å². The minimum atomic E-state index is -0.783. The molecule has 0 aliphatic rings. The molecule has 2 amide bonds. The van der Waals surface area contributed by atoms with Crippen LogP contribution in [0, 0.1) is 12.7 Å². The number of amides is 2. The SMILES string of the molecule is C=CC(=O)Nc1cccc(Oc2cnc(N(C(=O)OC(C)(C)C)c3ccc(F)cc3C)c3cncn23)c1. The summed E-state index contributed by atoms with van der Waals surface area (Å²) in [7, 11) is 0. The number of fused-ring (bicyclic) bond motifs is 1. The fourth-order valence-corrected chi connectivity index (χ4v) is 3.56. The van der Waals surface area contributed by atoms with Gasteiger partial charge in [0.15, 0.2) is 5.82 Å². The number of hydrogen-bond donors (Lipinski definition) is 1. The average molecular weight is 504 g/mol. The molecule has 0 atom stereocenters. The molecule has 2 aromatic carbocycles. The van der Waals surface area contributed by atoms with Crippen molar-refractivity contribution in [3.8, 4) is 11.6 Å². The summed E-state index contributed by atoms with van der Waals surface area (Å²) in [6, 6.07) is 10.9. The second-order valence-electron chi connectivity index (χ2n) is 9.14. The van der Waals surface area contributed by atoms with Gasteiger partial charge in [-0.2, -0.15) is 0 Å². The third-order valence-corrected chi connectivity index (χ3v) is 5.10. The first-order chi connectivity index (χ1) is 17.6. The van der Waals surface area contributed by atoms with E-state index in [0.717, 1.165) is 0 Å². The van der Waals surface area contributed by atoms with Crippen LogP contribution in [0.25, 0.3) is 5.52 Å². The van der Waals surface area contributed by atoms with Gasteiger partial charge in [-0.05, 0) is 69.7 Å². The number of hydrogen-bond acceptors (Lipinski definition) is 6. The Kier molecular flexibility index (Phi) is 6.92. The predicted molar refractivity (Wildman–Crippen MR) is 138 cm³/mol. The Morgan fingerprint density at radius 1 is 1.16 bits per heavy atom. The van der Waals surface area contributed by atoms with E-state index < -0.39 is 17.5 Å². The predicted octanol–water partition coefficient (Wildman–Crippen LogP) is 6.17. The topological polar surface area (TPSA) is 98.1 Å². The van der Waals surface area contributed by atoms with Crippen molar-refractivity contribution in [1.82, 2.24) is 14.4 Å². The number of benzene rings is 2. The van der Waals surface area contributed by atoms with Crippen molar-refractivity contribution in [3.05, 3.63) is 85.2 Å². The number of imidazole rings is 1. The van der Waals surface area contributed by atoms with Crippen molar-refractivity contribution >= 4 is 34.7 Å².